The maximum atomic E-state index is 12.5. The number of hydrogen-bond acceptors (Lipinski definition) is 2. The molecule has 0 unspecified atom stereocenters. The molecule has 1 atom stereocenters. The van der Waals surface area contributed by atoms with Gasteiger partial charge in [-0.25, -0.2) is 0 Å². The normalized spacial score (nSPS) is 17.7. The second-order valence-corrected chi connectivity index (χ2v) is 6.66. The van der Waals surface area contributed by atoms with E-state index >= 15 is 0 Å². The van der Waals surface area contributed by atoms with Crippen molar-refractivity contribution in [2.45, 2.75) is 46.1 Å². The molecule has 3 heteroatoms. The van der Waals surface area contributed by atoms with Crippen LogP contribution in [0.15, 0.2) is 24.3 Å². The fraction of sp³-hybridized carbons (Fsp3) is 0.611. The second-order valence-electron chi connectivity index (χ2n) is 6.66. The van der Waals surface area contributed by atoms with E-state index in [0.717, 1.165) is 37.9 Å². The largest absolute Gasteiger partial charge is 0.349 e. The van der Waals surface area contributed by atoms with Crippen LogP contribution in [0.4, 0.5) is 0 Å². The Bertz CT molecular complexity index is 457. The van der Waals surface area contributed by atoms with Crippen molar-refractivity contribution in [1.29, 1.82) is 0 Å². The third-order valence-electron chi connectivity index (χ3n) is 4.31. The molecule has 3 nitrogen and oxygen atoms in total. The lowest BCUT2D eigenvalue weighted by Gasteiger charge is -2.32. The number of hydrogen-bond donors (Lipinski definition) is 2. The van der Waals surface area contributed by atoms with E-state index in [1.54, 1.807) is 0 Å². The fourth-order valence-corrected chi connectivity index (χ4v) is 3.08. The van der Waals surface area contributed by atoms with E-state index in [1.165, 1.54) is 5.56 Å². The molecule has 1 aliphatic heterocycles. The van der Waals surface area contributed by atoms with Gasteiger partial charge >= 0.3 is 0 Å². The predicted octanol–water partition coefficient (Wildman–Crippen LogP) is 3.63. The first kappa shape index (κ1) is 16.0. The summed E-state index contributed by atoms with van der Waals surface area (Å²) in [5, 5.41) is 6.69. The molecule has 120 valence electrons. The highest BCUT2D eigenvalue weighted by molar-refractivity contribution is 5.94. The first-order chi connectivity index (χ1) is 10.1. The van der Waals surface area contributed by atoms with Gasteiger partial charge in [-0.15, -0.1) is 0 Å². The SMILES string of the molecule is Cc1ccc(C(=O)N[C@H](CC(C)C)C2CCNCC2)cc1.[HH].[HH]. The van der Waals surface area contributed by atoms with Crippen LogP contribution in [0.1, 0.15) is 51.9 Å². The molecule has 1 amide bonds. The highest BCUT2D eigenvalue weighted by atomic mass is 16.1. The molecule has 0 spiro atoms. The van der Waals surface area contributed by atoms with Gasteiger partial charge in [0.25, 0.3) is 5.91 Å². The molecule has 0 saturated carbocycles. The van der Waals surface area contributed by atoms with Crippen LogP contribution in [0, 0.1) is 18.8 Å². The Balaban J connectivity index is 0.00000242. The summed E-state index contributed by atoms with van der Waals surface area (Å²) in [5.74, 6) is 1.27. The molecule has 0 bridgehead atoms. The van der Waals surface area contributed by atoms with Crippen molar-refractivity contribution in [2.24, 2.45) is 11.8 Å². The minimum atomic E-state index is 0. The Kier molecular flexibility index (Phi) is 5.80. The molecule has 1 saturated heterocycles. The van der Waals surface area contributed by atoms with E-state index in [1.807, 2.05) is 31.2 Å². The van der Waals surface area contributed by atoms with Crippen LogP contribution < -0.4 is 10.6 Å². The van der Waals surface area contributed by atoms with E-state index < -0.39 is 0 Å². The van der Waals surface area contributed by atoms with Gasteiger partial charge in [0.2, 0.25) is 0 Å². The van der Waals surface area contributed by atoms with Crippen LogP contribution >= 0.6 is 0 Å². The molecule has 0 aromatic heterocycles. The molecule has 1 heterocycles. The zero-order chi connectivity index (χ0) is 15.2. The van der Waals surface area contributed by atoms with Crippen LogP contribution in [0.5, 0.6) is 0 Å². The van der Waals surface area contributed by atoms with Crippen molar-refractivity contribution in [2.75, 3.05) is 13.1 Å². The summed E-state index contributed by atoms with van der Waals surface area (Å²) in [6.45, 7) is 8.63. The summed E-state index contributed by atoms with van der Waals surface area (Å²) in [6.07, 6.45) is 3.37. The molecule has 1 fully saturated rings. The molecule has 1 aromatic carbocycles. The van der Waals surface area contributed by atoms with Gasteiger partial charge in [0.05, 0.1) is 0 Å². The Morgan fingerprint density at radius 1 is 1.29 bits per heavy atom. The topological polar surface area (TPSA) is 41.1 Å². The Morgan fingerprint density at radius 3 is 2.48 bits per heavy atom. The van der Waals surface area contributed by atoms with E-state index in [4.69, 9.17) is 0 Å². The molecule has 1 aliphatic rings. The van der Waals surface area contributed by atoms with Crippen LogP contribution in [0.3, 0.4) is 0 Å². The quantitative estimate of drug-likeness (QED) is 0.870. The number of amides is 1. The Labute approximate surface area is 131 Å². The van der Waals surface area contributed by atoms with Crippen molar-refractivity contribution in [1.82, 2.24) is 10.6 Å². The van der Waals surface area contributed by atoms with Crippen molar-refractivity contribution in [3.05, 3.63) is 35.4 Å². The number of nitrogens with one attached hydrogen (secondary N) is 2. The van der Waals surface area contributed by atoms with E-state index in [9.17, 15) is 4.79 Å². The summed E-state index contributed by atoms with van der Waals surface area (Å²) in [4.78, 5) is 12.5. The average Bonchev–Trinajstić information content (AvgIpc) is 2.47. The van der Waals surface area contributed by atoms with Crippen molar-refractivity contribution in [3.8, 4) is 0 Å². The zero-order valence-electron chi connectivity index (χ0n) is 13.5. The predicted molar refractivity (Wildman–Crippen MR) is 91.7 cm³/mol. The van der Waals surface area contributed by atoms with Crippen LogP contribution in [-0.4, -0.2) is 25.0 Å². The molecule has 21 heavy (non-hydrogen) atoms. The van der Waals surface area contributed by atoms with Gasteiger partial charge in [-0.3, -0.25) is 4.79 Å². The van der Waals surface area contributed by atoms with Gasteiger partial charge < -0.3 is 10.6 Å². The smallest absolute Gasteiger partial charge is 0.251 e. The molecular formula is C18H32N2O. The van der Waals surface area contributed by atoms with Crippen molar-refractivity contribution >= 4 is 5.91 Å². The van der Waals surface area contributed by atoms with Gasteiger partial charge in [-0.1, -0.05) is 31.5 Å². The van der Waals surface area contributed by atoms with Crippen LogP contribution in [0.2, 0.25) is 0 Å². The number of rotatable bonds is 5. The van der Waals surface area contributed by atoms with Gasteiger partial charge in [-0.2, -0.15) is 0 Å². The number of piperidine rings is 1. The van der Waals surface area contributed by atoms with E-state index in [-0.39, 0.29) is 8.76 Å². The number of aryl methyl sites for hydroxylation is 1. The number of benzene rings is 1. The maximum absolute atomic E-state index is 12.5. The third-order valence-corrected chi connectivity index (χ3v) is 4.31. The van der Waals surface area contributed by atoms with Gasteiger partial charge in [0.15, 0.2) is 0 Å². The molecular weight excluding hydrogens is 260 g/mol. The average molecular weight is 292 g/mol. The van der Waals surface area contributed by atoms with E-state index in [2.05, 4.69) is 24.5 Å². The molecule has 2 rings (SSSR count). The highest BCUT2D eigenvalue weighted by Gasteiger charge is 2.25. The number of carbonyl (C=O) groups is 1. The fourth-order valence-electron chi connectivity index (χ4n) is 3.08. The zero-order valence-corrected chi connectivity index (χ0v) is 13.5. The Hall–Kier alpha value is -1.35. The summed E-state index contributed by atoms with van der Waals surface area (Å²) in [6, 6.07) is 8.12. The maximum Gasteiger partial charge on any atom is 0.251 e. The third kappa shape index (κ3) is 4.85. The lowest BCUT2D eigenvalue weighted by Crippen LogP contribution is -2.45. The summed E-state index contributed by atoms with van der Waals surface area (Å²) in [7, 11) is 0. The first-order valence-corrected chi connectivity index (χ1v) is 8.14. The summed E-state index contributed by atoms with van der Waals surface area (Å²) < 4.78 is 0. The summed E-state index contributed by atoms with van der Waals surface area (Å²) in [5.41, 5.74) is 1.95. The second kappa shape index (κ2) is 7.60. The van der Waals surface area contributed by atoms with Gasteiger partial charge in [0, 0.05) is 14.5 Å². The minimum absolute atomic E-state index is 0. The molecule has 0 aliphatic carbocycles. The molecule has 2 N–H and O–H groups in total. The van der Waals surface area contributed by atoms with Crippen LogP contribution in [0.25, 0.3) is 0 Å². The van der Waals surface area contributed by atoms with Crippen molar-refractivity contribution in [3.63, 3.8) is 0 Å². The molecule has 1 aromatic rings. The summed E-state index contributed by atoms with van der Waals surface area (Å²) >= 11 is 0. The van der Waals surface area contributed by atoms with E-state index in [0.29, 0.717) is 17.9 Å². The van der Waals surface area contributed by atoms with Crippen LogP contribution in [-0.2, 0) is 0 Å². The highest BCUT2D eigenvalue weighted by Crippen LogP contribution is 2.22. The van der Waals surface area contributed by atoms with Gasteiger partial charge in [-0.05, 0) is 63.2 Å². The lowest BCUT2D eigenvalue weighted by molar-refractivity contribution is 0.0906. The monoisotopic (exact) mass is 292 g/mol. The number of carbonyl (C=O) groups excluding carboxylic acids is 1. The van der Waals surface area contributed by atoms with Crippen molar-refractivity contribution < 1.29 is 7.65 Å². The molecule has 0 radical (unpaired) electrons. The van der Waals surface area contributed by atoms with Gasteiger partial charge in [0.1, 0.15) is 0 Å². The first-order valence-electron chi connectivity index (χ1n) is 8.14. The lowest BCUT2D eigenvalue weighted by atomic mass is 9.85. The standard InChI is InChI=1S/C18H28N2O.2H2/c1-13(2)12-17(15-8-10-19-11-9-15)20-18(21)16-6-4-14(3)5-7-16;;/h4-7,13,15,17,19H,8-12H2,1-3H3,(H,20,21);2*1H/t17-;;/m1../s1. The minimum Gasteiger partial charge on any atom is -0.349 e. The Morgan fingerprint density at radius 2 is 1.90 bits per heavy atom.